The van der Waals surface area contributed by atoms with Crippen LogP contribution in [0.1, 0.15) is 19.3 Å². The molecule has 3 heteroatoms. The number of unbranched alkanes of at least 4 members (excludes halogenated alkanes) is 2. The lowest BCUT2D eigenvalue weighted by Crippen LogP contribution is -2.00. The zero-order valence-electron chi connectivity index (χ0n) is 9.32. The van der Waals surface area contributed by atoms with Gasteiger partial charge in [-0.1, -0.05) is 36.2 Å². The monoisotopic (exact) mass is 236 g/mol. The Morgan fingerprint density at radius 2 is 1.94 bits per heavy atom. The average molecular weight is 237 g/mol. The number of nitrogens with two attached hydrogens (primary N) is 1. The molecule has 0 saturated heterocycles. The Balaban J connectivity index is 2.12. The summed E-state index contributed by atoms with van der Waals surface area (Å²) in [5.74, 6) is 0. The lowest BCUT2D eigenvalue weighted by atomic mass is 10.2. The smallest absolute Gasteiger partial charge is 0.0661 e. The largest absolute Gasteiger partial charge is 0.346 e. The maximum atomic E-state index is 6.18. The number of nitrogens with zero attached hydrogens (tertiary/aromatic N) is 1. The molecule has 1 aromatic carbocycles. The molecule has 2 aromatic rings. The molecule has 16 heavy (non-hydrogen) atoms. The molecule has 0 aliphatic rings. The number of benzene rings is 1. The average Bonchev–Trinajstić information content (AvgIpc) is 2.63. The Hall–Kier alpha value is -0.990. The fraction of sp³-hybridized carbons (Fsp3) is 0.385. The van der Waals surface area contributed by atoms with E-state index in [1.807, 2.05) is 12.3 Å². The predicted molar refractivity (Wildman–Crippen MR) is 69.9 cm³/mol. The summed E-state index contributed by atoms with van der Waals surface area (Å²) in [7, 11) is 0. The fourth-order valence-corrected chi connectivity index (χ4v) is 2.27. The van der Waals surface area contributed by atoms with E-state index < -0.39 is 0 Å². The summed E-state index contributed by atoms with van der Waals surface area (Å²) in [6, 6.07) is 8.25. The van der Waals surface area contributed by atoms with Crippen LogP contribution in [-0.2, 0) is 6.54 Å². The molecule has 0 aliphatic carbocycles. The number of hydrogen-bond donors (Lipinski definition) is 1. The summed E-state index contributed by atoms with van der Waals surface area (Å²) in [6.07, 6.45) is 5.47. The van der Waals surface area contributed by atoms with Crippen molar-refractivity contribution in [2.45, 2.75) is 25.8 Å². The van der Waals surface area contributed by atoms with Crippen LogP contribution in [0, 0.1) is 0 Å². The molecule has 1 aromatic heterocycles. The first-order valence-corrected chi connectivity index (χ1v) is 6.14. The van der Waals surface area contributed by atoms with E-state index in [-0.39, 0.29) is 0 Å². The molecule has 86 valence electrons. The van der Waals surface area contributed by atoms with Crippen molar-refractivity contribution in [3.05, 3.63) is 35.5 Å². The Kier molecular flexibility index (Phi) is 3.86. The lowest BCUT2D eigenvalue weighted by Gasteiger charge is -2.04. The molecule has 0 radical (unpaired) electrons. The first-order valence-electron chi connectivity index (χ1n) is 5.76. The first kappa shape index (κ1) is 11.5. The second-order valence-corrected chi connectivity index (χ2v) is 4.44. The third-order valence-electron chi connectivity index (χ3n) is 2.84. The van der Waals surface area contributed by atoms with E-state index in [9.17, 15) is 0 Å². The summed E-state index contributed by atoms with van der Waals surface area (Å²) in [4.78, 5) is 0. The molecule has 0 bridgehead atoms. The van der Waals surface area contributed by atoms with E-state index in [1.165, 1.54) is 11.9 Å². The highest BCUT2D eigenvalue weighted by Crippen LogP contribution is 2.25. The summed E-state index contributed by atoms with van der Waals surface area (Å²) < 4.78 is 2.23. The van der Waals surface area contributed by atoms with Crippen molar-refractivity contribution in [2.24, 2.45) is 5.73 Å². The molecule has 0 fully saturated rings. The van der Waals surface area contributed by atoms with Crippen molar-refractivity contribution in [2.75, 3.05) is 6.54 Å². The minimum absolute atomic E-state index is 0.785. The van der Waals surface area contributed by atoms with E-state index in [0.29, 0.717) is 0 Å². The zero-order chi connectivity index (χ0) is 11.4. The summed E-state index contributed by atoms with van der Waals surface area (Å²) in [5.41, 5.74) is 6.70. The molecule has 2 N–H and O–H groups in total. The molecule has 0 unspecified atom stereocenters. The van der Waals surface area contributed by atoms with Crippen LogP contribution < -0.4 is 5.73 Å². The maximum absolute atomic E-state index is 6.18. The minimum Gasteiger partial charge on any atom is -0.346 e. The van der Waals surface area contributed by atoms with Crippen molar-refractivity contribution in [1.82, 2.24) is 4.57 Å². The fourth-order valence-electron chi connectivity index (χ4n) is 1.99. The Morgan fingerprint density at radius 3 is 2.75 bits per heavy atom. The molecule has 2 nitrogen and oxygen atoms in total. The number of halogens is 1. The van der Waals surface area contributed by atoms with E-state index in [1.54, 1.807) is 0 Å². The summed E-state index contributed by atoms with van der Waals surface area (Å²) >= 11 is 6.18. The van der Waals surface area contributed by atoms with Gasteiger partial charge in [-0.15, -0.1) is 0 Å². The van der Waals surface area contributed by atoms with Gasteiger partial charge in [-0.25, -0.2) is 0 Å². The van der Waals surface area contributed by atoms with Crippen molar-refractivity contribution in [3.63, 3.8) is 0 Å². The van der Waals surface area contributed by atoms with E-state index in [2.05, 4.69) is 22.8 Å². The lowest BCUT2D eigenvalue weighted by molar-refractivity contribution is 0.604. The number of para-hydroxylation sites is 1. The van der Waals surface area contributed by atoms with Gasteiger partial charge >= 0.3 is 0 Å². The second-order valence-electron chi connectivity index (χ2n) is 4.04. The molecular weight excluding hydrogens is 220 g/mol. The van der Waals surface area contributed by atoms with Gasteiger partial charge in [0.25, 0.3) is 0 Å². The van der Waals surface area contributed by atoms with Crippen LogP contribution in [0.25, 0.3) is 10.9 Å². The minimum atomic E-state index is 0.785. The molecule has 0 amide bonds. The van der Waals surface area contributed by atoms with Gasteiger partial charge in [0, 0.05) is 23.6 Å². The van der Waals surface area contributed by atoms with Crippen LogP contribution in [0.2, 0.25) is 5.02 Å². The highest BCUT2D eigenvalue weighted by Gasteiger charge is 2.04. The van der Waals surface area contributed by atoms with Gasteiger partial charge in [-0.3, -0.25) is 0 Å². The SMILES string of the molecule is NCCCCCn1cc(Cl)c2ccccc21. The summed E-state index contributed by atoms with van der Waals surface area (Å²) in [6.45, 7) is 1.81. The van der Waals surface area contributed by atoms with Crippen LogP contribution in [0.4, 0.5) is 0 Å². The third kappa shape index (κ3) is 2.39. The van der Waals surface area contributed by atoms with Crippen molar-refractivity contribution < 1.29 is 0 Å². The number of fused-ring (bicyclic) bond motifs is 1. The van der Waals surface area contributed by atoms with Gasteiger partial charge in [-0.2, -0.15) is 0 Å². The topological polar surface area (TPSA) is 30.9 Å². The molecule has 0 atom stereocenters. The second kappa shape index (κ2) is 5.37. The van der Waals surface area contributed by atoms with Crippen molar-refractivity contribution >= 4 is 22.5 Å². The van der Waals surface area contributed by atoms with Crippen LogP contribution >= 0.6 is 11.6 Å². The van der Waals surface area contributed by atoms with Crippen LogP contribution in [0.3, 0.4) is 0 Å². The summed E-state index contributed by atoms with van der Waals surface area (Å²) in [5, 5.41) is 1.98. The van der Waals surface area contributed by atoms with Gasteiger partial charge in [0.1, 0.15) is 0 Å². The molecule has 2 rings (SSSR count). The van der Waals surface area contributed by atoms with Crippen molar-refractivity contribution in [3.8, 4) is 0 Å². The van der Waals surface area contributed by atoms with E-state index in [4.69, 9.17) is 17.3 Å². The van der Waals surface area contributed by atoms with Gasteiger partial charge < -0.3 is 10.3 Å². The van der Waals surface area contributed by atoms with Crippen LogP contribution in [0.5, 0.6) is 0 Å². The number of aromatic nitrogens is 1. The molecule has 0 spiro atoms. The number of hydrogen-bond acceptors (Lipinski definition) is 1. The molecule has 0 aliphatic heterocycles. The quantitative estimate of drug-likeness (QED) is 0.793. The number of aryl methyl sites for hydroxylation is 1. The maximum Gasteiger partial charge on any atom is 0.0661 e. The zero-order valence-corrected chi connectivity index (χ0v) is 10.1. The van der Waals surface area contributed by atoms with Gasteiger partial charge in [0.2, 0.25) is 0 Å². The van der Waals surface area contributed by atoms with E-state index >= 15 is 0 Å². The Bertz CT molecular complexity index is 462. The molecule has 1 heterocycles. The Morgan fingerprint density at radius 1 is 1.12 bits per heavy atom. The van der Waals surface area contributed by atoms with Crippen LogP contribution in [0.15, 0.2) is 30.5 Å². The van der Waals surface area contributed by atoms with Crippen LogP contribution in [-0.4, -0.2) is 11.1 Å². The highest BCUT2D eigenvalue weighted by molar-refractivity contribution is 6.35. The van der Waals surface area contributed by atoms with Gasteiger partial charge in [-0.05, 0) is 25.5 Å². The predicted octanol–water partition coefficient (Wildman–Crippen LogP) is 3.42. The van der Waals surface area contributed by atoms with Gasteiger partial charge in [0.15, 0.2) is 0 Å². The third-order valence-corrected chi connectivity index (χ3v) is 3.14. The molecular formula is C13H17ClN2. The standard InChI is InChI=1S/C13H17ClN2/c14-12-10-16(9-5-1-4-8-15)13-7-3-2-6-11(12)13/h2-3,6-7,10H,1,4-5,8-9,15H2. The van der Waals surface area contributed by atoms with E-state index in [0.717, 1.165) is 36.3 Å². The number of rotatable bonds is 5. The highest BCUT2D eigenvalue weighted by atomic mass is 35.5. The first-order chi connectivity index (χ1) is 7.83. The molecule has 0 saturated carbocycles. The van der Waals surface area contributed by atoms with Gasteiger partial charge in [0.05, 0.1) is 5.02 Å². The van der Waals surface area contributed by atoms with Crippen molar-refractivity contribution in [1.29, 1.82) is 0 Å². The normalized spacial score (nSPS) is 11.1. The Labute approximate surface area is 101 Å².